The minimum atomic E-state index is -0.477. The molecule has 0 amide bonds. The van der Waals surface area contributed by atoms with Crippen LogP contribution in [0.5, 0.6) is 5.88 Å². The molecule has 0 aliphatic carbocycles. The number of anilines is 1. The number of ether oxygens (including phenoxy) is 1. The lowest BCUT2D eigenvalue weighted by Gasteiger charge is -2.08. The maximum absolute atomic E-state index is 11.0. The van der Waals surface area contributed by atoms with E-state index in [0.717, 1.165) is 0 Å². The zero-order valence-electron chi connectivity index (χ0n) is 11.0. The van der Waals surface area contributed by atoms with Gasteiger partial charge in [0.2, 0.25) is 5.88 Å². The highest BCUT2D eigenvalue weighted by Crippen LogP contribution is 2.28. The molecule has 0 saturated carbocycles. The Morgan fingerprint density at radius 1 is 1.35 bits per heavy atom. The third-order valence-corrected chi connectivity index (χ3v) is 2.48. The van der Waals surface area contributed by atoms with Crippen molar-refractivity contribution in [1.29, 1.82) is 0 Å². The molecule has 0 spiro atoms. The van der Waals surface area contributed by atoms with Gasteiger partial charge in [-0.25, -0.2) is 15.0 Å². The van der Waals surface area contributed by atoms with Crippen LogP contribution in [0.4, 0.5) is 11.5 Å². The van der Waals surface area contributed by atoms with Gasteiger partial charge in [0.25, 0.3) is 5.69 Å². The second-order valence-corrected chi connectivity index (χ2v) is 3.80. The number of aromatic nitrogens is 3. The average Bonchev–Trinajstić information content (AvgIpc) is 2.47. The molecule has 0 unspecified atom stereocenters. The molecule has 2 aromatic heterocycles. The maximum Gasteiger partial charge on any atom is 0.275 e. The first kappa shape index (κ1) is 13.7. The van der Waals surface area contributed by atoms with Crippen molar-refractivity contribution in [3.63, 3.8) is 0 Å². The van der Waals surface area contributed by atoms with Crippen LogP contribution in [0.3, 0.4) is 0 Å². The summed E-state index contributed by atoms with van der Waals surface area (Å²) >= 11 is 0. The quantitative estimate of drug-likeness (QED) is 0.656. The third kappa shape index (κ3) is 2.79. The number of hydrogen-bond acceptors (Lipinski definition) is 7. The van der Waals surface area contributed by atoms with Crippen molar-refractivity contribution in [2.24, 2.45) is 0 Å². The van der Waals surface area contributed by atoms with Gasteiger partial charge in [-0.05, 0) is 6.92 Å². The monoisotopic (exact) mass is 275 g/mol. The number of methoxy groups -OCH3 is 1. The molecule has 0 fully saturated rings. The van der Waals surface area contributed by atoms with Crippen molar-refractivity contribution in [2.45, 2.75) is 6.92 Å². The molecular formula is C12H13N5O3. The van der Waals surface area contributed by atoms with E-state index < -0.39 is 4.92 Å². The van der Waals surface area contributed by atoms with Crippen molar-refractivity contribution < 1.29 is 9.66 Å². The lowest BCUT2D eigenvalue weighted by Crippen LogP contribution is -2.03. The summed E-state index contributed by atoms with van der Waals surface area (Å²) in [4.78, 5) is 22.9. The predicted molar refractivity (Wildman–Crippen MR) is 72.6 cm³/mol. The van der Waals surface area contributed by atoms with E-state index in [4.69, 9.17) is 4.74 Å². The van der Waals surface area contributed by atoms with Crippen LogP contribution in [0.15, 0.2) is 24.5 Å². The van der Waals surface area contributed by atoms with Crippen LogP contribution in [-0.2, 0) is 0 Å². The third-order valence-electron chi connectivity index (χ3n) is 2.48. The van der Waals surface area contributed by atoms with Gasteiger partial charge in [-0.2, -0.15) is 0 Å². The fourth-order valence-electron chi connectivity index (χ4n) is 1.66. The van der Waals surface area contributed by atoms with Crippen LogP contribution in [0.1, 0.15) is 6.92 Å². The normalized spacial score (nSPS) is 10.1. The Morgan fingerprint density at radius 3 is 2.75 bits per heavy atom. The fraction of sp³-hybridized carbons (Fsp3) is 0.250. The van der Waals surface area contributed by atoms with Crippen molar-refractivity contribution in [3.05, 3.63) is 34.6 Å². The summed E-state index contributed by atoms with van der Waals surface area (Å²) in [7, 11) is 1.45. The second-order valence-electron chi connectivity index (χ2n) is 3.80. The molecular weight excluding hydrogens is 262 g/mol. The summed E-state index contributed by atoms with van der Waals surface area (Å²) in [6.07, 6.45) is 2.95. The van der Waals surface area contributed by atoms with Crippen LogP contribution in [-0.4, -0.2) is 33.5 Å². The van der Waals surface area contributed by atoms with Crippen LogP contribution in [0.2, 0.25) is 0 Å². The van der Waals surface area contributed by atoms with E-state index in [0.29, 0.717) is 23.8 Å². The average molecular weight is 275 g/mol. The van der Waals surface area contributed by atoms with Gasteiger partial charge in [0.1, 0.15) is 11.5 Å². The summed E-state index contributed by atoms with van der Waals surface area (Å²) in [6.45, 7) is 2.48. The lowest BCUT2D eigenvalue weighted by molar-refractivity contribution is -0.384. The lowest BCUT2D eigenvalue weighted by atomic mass is 10.2. The number of nitrogens with one attached hydrogen (secondary N) is 1. The zero-order chi connectivity index (χ0) is 14.5. The molecule has 1 N–H and O–H groups in total. The Hall–Kier alpha value is -2.77. The van der Waals surface area contributed by atoms with E-state index in [1.165, 1.54) is 31.6 Å². The smallest absolute Gasteiger partial charge is 0.275 e. The predicted octanol–water partition coefficient (Wildman–Crippen LogP) is 1.89. The molecule has 2 aromatic rings. The van der Waals surface area contributed by atoms with Gasteiger partial charge in [0, 0.05) is 25.0 Å². The first-order chi connectivity index (χ1) is 9.65. The highest BCUT2D eigenvalue weighted by Gasteiger charge is 2.16. The summed E-state index contributed by atoms with van der Waals surface area (Å²) < 4.78 is 5.10. The summed E-state index contributed by atoms with van der Waals surface area (Å²) in [6, 6.07) is 2.71. The van der Waals surface area contributed by atoms with E-state index in [1.807, 2.05) is 6.92 Å². The van der Waals surface area contributed by atoms with Gasteiger partial charge < -0.3 is 10.1 Å². The largest absolute Gasteiger partial charge is 0.479 e. The molecule has 0 bridgehead atoms. The van der Waals surface area contributed by atoms with Crippen molar-refractivity contribution in [3.8, 4) is 17.3 Å². The molecule has 104 valence electrons. The number of hydrogen-bond donors (Lipinski definition) is 1. The molecule has 2 rings (SSSR count). The van der Waals surface area contributed by atoms with Gasteiger partial charge in [0.05, 0.1) is 18.1 Å². The van der Waals surface area contributed by atoms with Crippen LogP contribution >= 0.6 is 0 Å². The maximum atomic E-state index is 11.0. The van der Waals surface area contributed by atoms with Crippen molar-refractivity contribution in [1.82, 2.24) is 15.0 Å². The number of rotatable bonds is 5. The van der Waals surface area contributed by atoms with Crippen LogP contribution in [0.25, 0.3) is 11.4 Å². The Morgan fingerprint density at radius 2 is 2.10 bits per heavy atom. The van der Waals surface area contributed by atoms with Crippen LogP contribution in [0, 0.1) is 10.1 Å². The van der Waals surface area contributed by atoms with E-state index in [1.54, 1.807) is 0 Å². The number of nitro groups is 1. The molecule has 0 aliphatic rings. The minimum absolute atomic E-state index is 0.0707. The summed E-state index contributed by atoms with van der Waals surface area (Å²) in [5, 5.41) is 13.9. The minimum Gasteiger partial charge on any atom is -0.479 e. The van der Waals surface area contributed by atoms with Gasteiger partial charge in [-0.1, -0.05) is 0 Å². The number of nitrogens with zero attached hydrogens (tertiary/aromatic N) is 4. The fourth-order valence-corrected chi connectivity index (χ4v) is 1.66. The SMILES string of the molecule is CCNc1cc([N+](=O)[O-])cc(-c2nccnc2OC)n1. The molecule has 8 nitrogen and oxygen atoms in total. The van der Waals surface area contributed by atoms with Gasteiger partial charge in [0.15, 0.2) is 5.69 Å². The van der Waals surface area contributed by atoms with E-state index in [9.17, 15) is 10.1 Å². The second kappa shape index (κ2) is 5.91. The Bertz CT molecular complexity index is 632. The Balaban J connectivity index is 2.57. The Labute approximate surface area is 115 Å². The van der Waals surface area contributed by atoms with Gasteiger partial charge in [-0.3, -0.25) is 10.1 Å². The van der Waals surface area contributed by atoms with E-state index in [-0.39, 0.29) is 11.6 Å². The van der Waals surface area contributed by atoms with E-state index in [2.05, 4.69) is 20.3 Å². The molecule has 0 aromatic carbocycles. The molecule has 0 saturated heterocycles. The van der Waals surface area contributed by atoms with Crippen LogP contribution < -0.4 is 10.1 Å². The summed E-state index contributed by atoms with van der Waals surface area (Å²) in [5.41, 5.74) is 0.622. The molecule has 0 aliphatic heterocycles. The first-order valence-electron chi connectivity index (χ1n) is 5.91. The highest BCUT2D eigenvalue weighted by molar-refractivity contribution is 5.65. The molecule has 0 radical (unpaired) electrons. The highest BCUT2D eigenvalue weighted by atomic mass is 16.6. The van der Waals surface area contributed by atoms with Crippen molar-refractivity contribution >= 4 is 11.5 Å². The molecule has 8 heteroatoms. The standard InChI is InChI=1S/C12H13N5O3/c1-3-13-10-7-8(17(18)19)6-9(16-10)11-12(20-2)15-5-4-14-11/h4-7H,3H2,1-2H3,(H,13,16). The van der Waals surface area contributed by atoms with Gasteiger partial charge >= 0.3 is 0 Å². The zero-order valence-corrected chi connectivity index (χ0v) is 11.0. The topological polar surface area (TPSA) is 103 Å². The summed E-state index contributed by atoms with van der Waals surface area (Å²) in [5.74, 6) is 0.673. The molecule has 20 heavy (non-hydrogen) atoms. The molecule has 0 atom stereocenters. The van der Waals surface area contributed by atoms with Gasteiger partial charge in [-0.15, -0.1) is 0 Å². The number of pyridine rings is 1. The first-order valence-corrected chi connectivity index (χ1v) is 5.91. The molecule has 2 heterocycles. The van der Waals surface area contributed by atoms with Crippen molar-refractivity contribution in [2.75, 3.05) is 19.0 Å². The van der Waals surface area contributed by atoms with E-state index >= 15 is 0 Å². The Kier molecular flexibility index (Phi) is 4.04.